The third-order valence-corrected chi connectivity index (χ3v) is 5.07. The van der Waals surface area contributed by atoms with Gasteiger partial charge in [-0.3, -0.25) is 19.3 Å². The number of amides is 2. The lowest BCUT2D eigenvalue weighted by molar-refractivity contribution is -0.141. The fourth-order valence-corrected chi connectivity index (χ4v) is 3.54. The van der Waals surface area contributed by atoms with Gasteiger partial charge < -0.3 is 15.5 Å². The molecule has 3 N–H and O–H groups in total. The van der Waals surface area contributed by atoms with Gasteiger partial charge in [-0.15, -0.1) is 0 Å². The van der Waals surface area contributed by atoms with Gasteiger partial charge >= 0.3 is 5.97 Å². The zero-order valence-electron chi connectivity index (χ0n) is 12.9. The molecular formula is C15H13BrN2O5S2. The number of carbonyl (C=O) groups is 3. The number of hydrogen-bond donors (Lipinski definition) is 3. The minimum atomic E-state index is -1.18. The summed E-state index contributed by atoms with van der Waals surface area (Å²) >= 11 is 9.40. The molecule has 25 heavy (non-hydrogen) atoms. The van der Waals surface area contributed by atoms with Crippen LogP contribution in [-0.4, -0.2) is 49.8 Å². The lowest BCUT2D eigenvalue weighted by atomic mass is 10.2. The summed E-state index contributed by atoms with van der Waals surface area (Å²) in [5.41, 5.74) is 0.429. The Kier molecular flexibility index (Phi) is 6.20. The standard InChI is InChI=1S/C15H13BrN2O5S2/c1-7(14(22)23)17-12(20)6-18-13(21)11(25-15(18)24)5-8-4-9(16)2-3-10(8)19/h2-5,7,19H,6H2,1H3,(H,17,20)(H,22,23)/b11-5-. The Hall–Kier alpha value is -1.91. The monoisotopic (exact) mass is 444 g/mol. The maximum absolute atomic E-state index is 12.4. The smallest absolute Gasteiger partial charge is 0.325 e. The predicted molar refractivity (Wildman–Crippen MR) is 101 cm³/mol. The average Bonchev–Trinajstić information content (AvgIpc) is 2.78. The van der Waals surface area contributed by atoms with E-state index in [-0.39, 0.29) is 21.5 Å². The number of thiocarbonyl (C=S) groups is 1. The molecule has 2 rings (SSSR count). The molecule has 1 aromatic carbocycles. The minimum absolute atomic E-state index is 0.00138. The number of nitrogens with one attached hydrogen (secondary N) is 1. The number of aliphatic carboxylic acids is 1. The fourth-order valence-electron chi connectivity index (χ4n) is 1.91. The zero-order chi connectivity index (χ0) is 18.7. The Morgan fingerprint density at radius 1 is 1.48 bits per heavy atom. The van der Waals surface area contributed by atoms with Crippen LogP contribution in [0.3, 0.4) is 0 Å². The van der Waals surface area contributed by atoms with Crippen molar-refractivity contribution in [3.63, 3.8) is 0 Å². The SMILES string of the molecule is CC(NC(=O)CN1C(=O)/C(=C/c2cc(Br)ccc2O)SC1=S)C(=O)O. The number of phenols is 1. The van der Waals surface area contributed by atoms with Crippen molar-refractivity contribution >= 4 is 68.1 Å². The number of halogens is 1. The summed E-state index contributed by atoms with van der Waals surface area (Å²) in [6.45, 7) is 0.949. The highest BCUT2D eigenvalue weighted by Crippen LogP contribution is 2.34. The van der Waals surface area contributed by atoms with E-state index in [9.17, 15) is 19.5 Å². The van der Waals surface area contributed by atoms with Gasteiger partial charge in [0.15, 0.2) is 0 Å². The minimum Gasteiger partial charge on any atom is -0.507 e. The van der Waals surface area contributed by atoms with E-state index in [1.807, 2.05) is 0 Å². The first-order valence-electron chi connectivity index (χ1n) is 6.95. The third-order valence-electron chi connectivity index (χ3n) is 3.20. The number of hydrogen-bond acceptors (Lipinski definition) is 6. The molecule has 0 aliphatic carbocycles. The van der Waals surface area contributed by atoms with E-state index in [0.717, 1.165) is 21.1 Å². The Bertz CT molecular complexity index is 796. The molecule has 1 fully saturated rings. The van der Waals surface area contributed by atoms with Crippen molar-refractivity contribution in [1.29, 1.82) is 0 Å². The molecule has 2 amide bonds. The lowest BCUT2D eigenvalue weighted by Crippen LogP contribution is -2.45. The Morgan fingerprint density at radius 2 is 2.16 bits per heavy atom. The zero-order valence-corrected chi connectivity index (χ0v) is 16.1. The van der Waals surface area contributed by atoms with Crippen molar-refractivity contribution in [1.82, 2.24) is 10.2 Å². The van der Waals surface area contributed by atoms with Crippen molar-refractivity contribution < 1.29 is 24.6 Å². The summed E-state index contributed by atoms with van der Waals surface area (Å²) in [6, 6.07) is 3.71. The van der Waals surface area contributed by atoms with E-state index in [4.69, 9.17) is 17.3 Å². The second kappa shape index (κ2) is 7.98. The van der Waals surface area contributed by atoms with E-state index < -0.39 is 23.8 Å². The average molecular weight is 445 g/mol. The van der Waals surface area contributed by atoms with Crippen molar-refractivity contribution in [2.75, 3.05) is 6.54 Å². The van der Waals surface area contributed by atoms with Crippen LogP contribution < -0.4 is 5.32 Å². The van der Waals surface area contributed by atoms with E-state index in [1.54, 1.807) is 12.1 Å². The number of rotatable bonds is 5. The highest BCUT2D eigenvalue weighted by molar-refractivity contribution is 9.10. The highest BCUT2D eigenvalue weighted by Gasteiger charge is 2.34. The number of nitrogens with zero attached hydrogens (tertiary/aromatic N) is 1. The first-order valence-corrected chi connectivity index (χ1v) is 8.97. The van der Waals surface area contributed by atoms with Gasteiger partial charge in [-0.05, 0) is 31.2 Å². The number of carboxylic acids is 1. The molecule has 10 heteroatoms. The van der Waals surface area contributed by atoms with E-state index in [2.05, 4.69) is 21.2 Å². The molecule has 0 aromatic heterocycles. The largest absolute Gasteiger partial charge is 0.507 e. The Morgan fingerprint density at radius 3 is 2.80 bits per heavy atom. The van der Waals surface area contributed by atoms with Crippen molar-refractivity contribution in [2.24, 2.45) is 0 Å². The molecule has 132 valence electrons. The number of aromatic hydroxyl groups is 1. The Balaban J connectivity index is 2.14. The molecule has 1 aliphatic rings. The molecule has 1 saturated heterocycles. The summed E-state index contributed by atoms with van der Waals surface area (Å²) in [7, 11) is 0. The quantitative estimate of drug-likeness (QED) is 0.470. The molecule has 1 heterocycles. The van der Waals surface area contributed by atoms with Crippen LogP contribution in [0.4, 0.5) is 0 Å². The maximum atomic E-state index is 12.4. The summed E-state index contributed by atoms with van der Waals surface area (Å²) in [4.78, 5) is 36.4. The summed E-state index contributed by atoms with van der Waals surface area (Å²) < 4.78 is 0.915. The number of phenolic OH excluding ortho intramolecular Hbond substituents is 1. The van der Waals surface area contributed by atoms with Crippen LogP contribution >= 0.6 is 39.9 Å². The van der Waals surface area contributed by atoms with Crippen LogP contribution in [0.1, 0.15) is 12.5 Å². The van der Waals surface area contributed by atoms with Crippen LogP contribution in [0.15, 0.2) is 27.6 Å². The lowest BCUT2D eigenvalue weighted by Gasteiger charge is -2.15. The molecule has 0 bridgehead atoms. The third kappa shape index (κ3) is 4.80. The first kappa shape index (κ1) is 19.4. The van der Waals surface area contributed by atoms with Gasteiger partial charge in [-0.1, -0.05) is 39.9 Å². The fraction of sp³-hybridized carbons (Fsp3) is 0.200. The summed E-state index contributed by atoms with van der Waals surface area (Å²) in [5, 5.41) is 20.9. The van der Waals surface area contributed by atoms with Gasteiger partial charge in [0.25, 0.3) is 5.91 Å². The molecule has 0 radical (unpaired) electrons. The Labute approximate surface area is 161 Å². The number of carboxylic acid groups (broad SMARTS) is 1. The van der Waals surface area contributed by atoms with Crippen LogP contribution in [0, 0.1) is 0 Å². The van der Waals surface area contributed by atoms with Gasteiger partial charge in [-0.2, -0.15) is 0 Å². The normalized spacial score (nSPS) is 17.0. The van der Waals surface area contributed by atoms with Gasteiger partial charge in [0, 0.05) is 10.0 Å². The molecule has 7 nitrogen and oxygen atoms in total. The van der Waals surface area contributed by atoms with Crippen molar-refractivity contribution in [3.05, 3.63) is 33.1 Å². The van der Waals surface area contributed by atoms with Gasteiger partial charge in [-0.25, -0.2) is 0 Å². The van der Waals surface area contributed by atoms with Crippen LogP contribution in [0.5, 0.6) is 5.75 Å². The molecular weight excluding hydrogens is 432 g/mol. The molecule has 0 saturated carbocycles. The molecule has 1 unspecified atom stereocenters. The molecule has 1 aliphatic heterocycles. The number of benzene rings is 1. The summed E-state index contributed by atoms with van der Waals surface area (Å²) in [5.74, 6) is -2.28. The topological polar surface area (TPSA) is 107 Å². The van der Waals surface area contributed by atoms with Crippen LogP contribution in [0.2, 0.25) is 0 Å². The van der Waals surface area contributed by atoms with Gasteiger partial charge in [0.1, 0.15) is 22.7 Å². The van der Waals surface area contributed by atoms with Gasteiger partial charge in [0.2, 0.25) is 5.91 Å². The maximum Gasteiger partial charge on any atom is 0.325 e. The molecule has 1 atom stereocenters. The highest BCUT2D eigenvalue weighted by atomic mass is 79.9. The number of carbonyl (C=O) groups excluding carboxylic acids is 2. The van der Waals surface area contributed by atoms with Gasteiger partial charge in [0.05, 0.1) is 4.91 Å². The summed E-state index contributed by atoms with van der Waals surface area (Å²) in [6.07, 6.45) is 1.48. The van der Waals surface area contributed by atoms with Crippen molar-refractivity contribution in [2.45, 2.75) is 13.0 Å². The molecule has 1 aromatic rings. The number of thioether (sulfide) groups is 1. The van der Waals surface area contributed by atoms with Crippen molar-refractivity contribution in [3.8, 4) is 5.75 Å². The van der Waals surface area contributed by atoms with Crippen LogP contribution in [0.25, 0.3) is 6.08 Å². The predicted octanol–water partition coefficient (Wildman–Crippen LogP) is 1.95. The first-order chi connectivity index (χ1) is 11.7. The van der Waals surface area contributed by atoms with Crippen LogP contribution in [-0.2, 0) is 14.4 Å². The van der Waals surface area contributed by atoms with E-state index in [1.165, 1.54) is 19.1 Å². The second-order valence-corrected chi connectivity index (χ2v) is 7.69. The molecule has 0 spiro atoms. The van der Waals surface area contributed by atoms with E-state index >= 15 is 0 Å². The second-order valence-electron chi connectivity index (χ2n) is 5.10. The van der Waals surface area contributed by atoms with E-state index in [0.29, 0.717) is 5.56 Å².